The van der Waals surface area contributed by atoms with Crippen LogP contribution in [0.1, 0.15) is 67.4 Å². The Bertz CT molecular complexity index is 1420. The van der Waals surface area contributed by atoms with Crippen molar-refractivity contribution < 1.29 is 14.3 Å². The van der Waals surface area contributed by atoms with Gasteiger partial charge in [-0.2, -0.15) is 0 Å². The van der Waals surface area contributed by atoms with Gasteiger partial charge in [-0.05, 0) is 80.4 Å². The van der Waals surface area contributed by atoms with Crippen molar-refractivity contribution in [3.05, 3.63) is 77.4 Å². The summed E-state index contributed by atoms with van der Waals surface area (Å²) in [6.45, 7) is 13.0. The first-order valence-electron chi connectivity index (χ1n) is 16.0. The van der Waals surface area contributed by atoms with Crippen molar-refractivity contribution in [2.45, 2.75) is 46.0 Å². The summed E-state index contributed by atoms with van der Waals surface area (Å²) in [5.74, 6) is 1.22. The fourth-order valence-electron chi connectivity index (χ4n) is 5.81. The number of rotatable bonds is 12. The maximum absolute atomic E-state index is 13.6. The van der Waals surface area contributed by atoms with Gasteiger partial charge in [0.2, 0.25) is 0 Å². The smallest absolute Gasteiger partial charge is 0.323 e. The largest absolute Gasteiger partial charge is 0.495 e. The summed E-state index contributed by atoms with van der Waals surface area (Å²) < 4.78 is 5.59. The molecule has 1 heterocycles. The van der Waals surface area contributed by atoms with Gasteiger partial charge in [0.1, 0.15) is 5.75 Å². The number of nitrogens with zero attached hydrogens (tertiary/aromatic N) is 3. The number of hydrogen-bond donors (Lipinski definition) is 3. The van der Waals surface area contributed by atoms with Crippen LogP contribution in [0.4, 0.5) is 27.5 Å². The molecule has 4 rings (SSSR count). The standard InChI is InChI=1S/C36H50N6O3/c1-25(2)28-12-10-13-29(26(3)4)34(28)39-36(44)38-27-16-17-31(30(24-27)35(43)37-18-11-19-40(5)6)41-20-22-42(23-21-41)32-14-8-9-15-33(32)45-7/h8-10,12-17,24-26H,11,18-23H2,1-7H3,(H,37,43)(H2,38,39,44). The molecule has 0 aromatic heterocycles. The molecule has 9 heteroatoms. The van der Waals surface area contributed by atoms with Gasteiger partial charge >= 0.3 is 6.03 Å². The molecule has 0 bridgehead atoms. The Labute approximate surface area is 268 Å². The Morgan fingerprint density at radius 1 is 0.822 bits per heavy atom. The second kappa shape index (κ2) is 15.7. The van der Waals surface area contributed by atoms with E-state index in [0.29, 0.717) is 17.8 Å². The number of carbonyl (C=O) groups excluding carboxylic acids is 2. The van der Waals surface area contributed by atoms with Crippen molar-refractivity contribution in [3.63, 3.8) is 0 Å². The van der Waals surface area contributed by atoms with Crippen LogP contribution in [0.25, 0.3) is 0 Å². The molecule has 0 atom stereocenters. The second-order valence-corrected chi connectivity index (χ2v) is 12.5. The summed E-state index contributed by atoms with van der Waals surface area (Å²) in [6, 6.07) is 19.5. The number of piperazine rings is 1. The highest BCUT2D eigenvalue weighted by Crippen LogP contribution is 2.33. The molecule has 1 saturated heterocycles. The van der Waals surface area contributed by atoms with Crippen molar-refractivity contribution in [2.75, 3.05) is 80.9 Å². The molecule has 1 fully saturated rings. The van der Waals surface area contributed by atoms with Crippen LogP contribution in [0.5, 0.6) is 5.75 Å². The Kier molecular flexibility index (Phi) is 11.7. The minimum Gasteiger partial charge on any atom is -0.495 e. The highest BCUT2D eigenvalue weighted by molar-refractivity contribution is 6.04. The van der Waals surface area contributed by atoms with Crippen molar-refractivity contribution in [3.8, 4) is 5.75 Å². The van der Waals surface area contributed by atoms with Gasteiger partial charge in [0, 0.05) is 49.8 Å². The first-order chi connectivity index (χ1) is 21.6. The van der Waals surface area contributed by atoms with Crippen LogP contribution in [-0.2, 0) is 0 Å². The summed E-state index contributed by atoms with van der Waals surface area (Å²) >= 11 is 0. The Morgan fingerprint density at radius 2 is 1.44 bits per heavy atom. The monoisotopic (exact) mass is 614 g/mol. The topological polar surface area (TPSA) is 89.2 Å². The van der Waals surface area contributed by atoms with Gasteiger partial charge in [-0.15, -0.1) is 0 Å². The lowest BCUT2D eigenvalue weighted by Crippen LogP contribution is -2.47. The molecule has 242 valence electrons. The van der Waals surface area contributed by atoms with Gasteiger partial charge in [-0.3, -0.25) is 4.79 Å². The van der Waals surface area contributed by atoms with E-state index in [4.69, 9.17) is 4.74 Å². The SMILES string of the molecule is COc1ccccc1N1CCN(c2ccc(NC(=O)Nc3c(C(C)C)cccc3C(C)C)cc2C(=O)NCCCN(C)C)CC1. The molecule has 0 radical (unpaired) electrons. The Morgan fingerprint density at radius 3 is 2.04 bits per heavy atom. The lowest BCUT2D eigenvalue weighted by molar-refractivity contribution is 0.0952. The van der Waals surface area contributed by atoms with E-state index in [9.17, 15) is 9.59 Å². The lowest BCUT2D eigenvalue weighted by atomic mass is 9.93. The average molecular weight is 615 g/mol. The number of amides is 3. The predicted octanol–water partition coefficient (Wildman–Crippen LogP) is 6.59. The Hall–Kier alpha value is -4.24. The van der Waals surface area contributed by atoms with Crippen LogP contribution in [0, 0.1) is 0 Å². The van der Waals surface area contributed by atoms with Crippen molar-refractivity contribution in [1.29, 1.82) is 0 Å². The van der Waals surface area contributed by atoms with E-state index in [1.165, 1.54) is 0 Å². The second-order valence-electron chi connectivity index (χ2n) is 12.5. The molecular weight excluding hydrogens is 564 g/mol. The molecule has 3 amide bonds. The highest BCUT2D eigenvalue weighted by atomic mass is 16.5. The minimum atomic E-state index is -0.333. The summed E-state index contributed by atoms with van der Waals surface area (Å²) in [6.07, 6.45) is 0.847. The van der Waals surface area contributed by atoms with Crippen molar-refractivity contribution in [2.24, 2.45) is 0 Å². The van der Waals surface area contributed by atoms with Crippen molar-refractivity contribution in [1.82, 2.24) is 10.2 Å². The number of methoxy groups -OCH3 is 1. The molecule has 9 nitrogen and oxygen atoms in total. The van der Waals surface area contributed by atoms with Crippen LogP contribution in [-0.4, -0.2) is 77.3 Å². The number of urea groups is 1. The highest BCUT2D eigenvalue weighted by Gasteiger charge is 2.24. The zero-order valence-corrected chi connectivity index (χ0v) is 27.9. The predicted molar refractivity (Wildman–Crippen MR) is 187 cm³/mol. The van der Waals surface area contributed by atoms with Gasteiger partial charge in [0.05, 0.1) is 18.4 Å². The van der Waals surface area contributed by atoms with E-state index < -0.39 is 0 Å². The van der Waals surface area contributed by atoms with Crippen LogP contribution >= 0.6 is 0 Å². The van der Waals surface area contributed by atoms with Crippen LogP contribution in [0.2, 0.25) is 0 Å². The van der Waals surface area contributed by atoms with Crippen LogP contribution in [0.3, 0.4) is 0 Å². The van der Waals surface area contributed by atoms with E-state index in [1.54, 1.807) is 13.2 Å². The molecule has 0 saturated carbocycles. The van der Waals surface area contributed by atoms with Gasteiger partial charge in [-0.1, -0.05) is 58.0 Å². The minimum absolute atomic E-state index is 0.146. The van der Waals surface area contributed by atoms with E-state index in [2.05, 4.69) is 76.5 Å². The maximum Gasteiger partial charge on any atom is 0.323 e. The number of benzene rings is 3. The molecule has 1 aliphatic rings. The molecule has 3 aromatic rings. The van der Waals surface area contributed by atoms with Crippen LogP contribution in [0.15, 0.2) is 60.7 Å². The number of carbonyl (C=O) groups is 2. The van der Waals surface area contributed by atoms with Gasteiger partial charge < -0.3 is 35.4 Å². The van der Waals surface area contributed by atoms with Gasteiger partial charge in [0.25, 0.3) is 5.91 Å². The third-order valence-electron chi connectivity index (χ3n) is 8.22. The number of nitrogens with one attached hydrogen (secondary N) is 3. The van der Waals surface area contributed by atoms with E-state index in [1.807, 2.05) is 50.5 Å². The lowest BCUT2D eigenvalue weighted by Gasteiger charge is -2.38. The first kappa shape index (κ1) is 33.6. The fourth-order valence-corrected chi connectivity index (χ4v) is 5.81. The summed E-state index contributed by atoms with van der Waals surface area (Å²) in [4.78, 5) is 33.6. The first-order valence-corrected chi connectivity index (χ1v) is 16.0. The molecule has 0 spiro atoms. The van der Waals surface area contributed by atoms with Crippen molar-refractivity contribution >= 4 is 34.7 Å². The third kappa shape index (κ3) is 8.69. The maximum atomic E-state index is 13.6. The summed E-state index contributed by atoms with van der Waals surface area (Å²) in [5, 5.41) is 9.21. The molecule has 1 aliphatic heterocycles. The Balaban J connectivity index is 1.54. The summed E-state index contributed by atoms with van der Waals surface area (Å²) in [7, 11) is 5.74. The number of anilines is 4. The molecule has 0 aliphatic carbocycles. The normalized spacial score (nSPS) is 13.4. The number of para-hydroxylation sites is 3. The molecule has 3 aromatic carbocycles. The number of hydrogen-bond acceptors (Lipinski definition) is 6. The molecule has 3 N–H and O–H groups in total. The molecule has 0 unspecified atom stereocenters. The van der Waals surface area contributed by atoms with E-state index in [0.717, 1.165) is 73.1 Å². The van der Waals surface area contributed by atoms with Crippen LogP contribution < -0.4 is 30.5 Å². The summed E-state index contributed by atoms with van der Waals surface area (Å²) in [5.41, 5.74) is 6.09. The molecular formula is C36H50N6O3. The molecule has 45 heavy (non-hydrogen) atoms. The van der Waals surface area contributed by atoms with Gasteiger partial charge in [0.15, 0.2) is 0 Å². The quantitative estimate of drug-likeness (QED) is 0.200. The van der Waals surface area contributed by atoms with Gasteiger partial charge in [-0.25, -0.2) is 4.79 Å². The number of ether oxygens (including phenoxy) is 1. The van der Waals surface area contributed by atoms with E-state index >= 15 is 0 Å². The third-order valence-corrected chi connectivity index (χ3v) is 8.22. The fraction of sp³-hybridized carbons (Fsp3) is 0.444. The zero-order valence-electron chi connectivity index (χ0n) is 27.9. The zero-order chi connectivity index (χ0) is 32.5. The van der Waals surface area contributed by atoms with E-state index in [-0.39, 0.29) is 23.8 Å². The average Bonchev–Trinajstić information content (AvgIpc) is 3.02.